The number of halogens is 3. The lowest BCUT2D eigenvalue weighted by Crippen LogP contribution is -2.18. The van der Waals surface area contributed by atoms with E-state index in [0.717, 1.165) is 12.1 Å². The normalized spacial score (nSPS) is 11.8. The molecule has 0 spiro atoms. The Morgan fingerprint density at radius 1 is 1.22 bits per heavy atom. The van der Waals surface area contributed by atoms with Gasteiger partial charge < -0.3 is 5.11 Å². The summed E-state index contributed by atoms with van der Waals surface area (Å²) in [5.41, 5.74) is 0.809. The summed E-state index contributed by atoms with van der Waals surface area (Å²) in [6.07, 6.45) is -3.24. The van der Waals surface area contributed by atoms with E-state index in [2.05, 4.69) is 10.1 Å². The largest absolute Gasteiger partial charge is 0.505 e. The molecule has 0 atom stereocenters. The quantitative estimate of drug-likeness (QED) is 0.783. The number of aryl methyl sites for hydroxylation is 1. The molecule has 2 heterocycles. The molecular weight excluding hydrogens is 311 g/mol. The first-order valence-electron chi connectivity index (χ1n) is 6.53. The topological polar surface area (TPSA) is 68.0 Å². The fourth-order valence-corrected chi connectivity index (χ4v) is 2.35. The van der Waals surface area contributed by atoms with Crippen molar-refractivity contribution in [1.82, 2.24) is 14.8 Å². The molecule has 3 aromatic rings. The van der Waals surface area contributed by atoms with Crippen LogP contribution in [0.4, 0.5) is 13.2 Å². The third-order valence-corrected chi connectivity index (χ3v) is 3.34. The monoisotopic (exact) mass is 321 g/mol. The Kier molecular flexibility index (Phi) is 3.32. The van der Waals surface area contributed by atoms with Crippen LogP contribution < -0.4 is 0 Å². The first-order chi connectivity index (χ1) is 10.8. The number of rotatable bonds is 2. The standard InChI is InChI=1S/C15H10F3N3O2/c1-8-6-9(4-5-19-8)13-11-7-10(14(22)23)2-3-12(11)21(20-13)15(16,17)18/h2-7H,1H3,(H,22,23). The van der Waals surface area contributed by atoms with Gasteiger partial charge >= 0.3 is 12.3 Å². The molecule has 1 aromatic carbocycles. The Morgan fingerprint density at radius 3 is 2.57 bits per heavy atom. The van der Waals surface area contributed by atoms with E-state index in [1.807, 2.05) is 0 Å². The van der Waals surface area contributed by atoms with Crippen molar-refractivity contribution in [2.24, 2.45) is 0 Å². The Bertz CT molecular complexity index is 916. The maximum atomic E-state index is 13.2. The average molecular weight is 321 g/mol. The lowest BCUT2D eigenvalue weighted by molar-refractivity contribution is -0.208. The highest BCUT2D eigenvalue weighted by atomic mass is 19.4. The van der Waals surface area contributed by atoms with Crippen molar-refractivity contribution in [2.75, 3.05) is 0 Å². The second-order valence-electron chi connectivity index (χ2n) is 4.95. The summed E-state index contributed by atoms with van der Waals surface area (Å²) in [6.45, 7) is 1.70. The highest BCUT2D eigenvalue weighted by Gasteiger charge is 2.35. The minimum atomic E-state index is -4.71. The van der Waals surface area contributed by atoms with E-state index in [9.17, 15) is 18.0 Å². The van der Waals surface area contributed by atoms with Gasteiger partial charge in [0.15, 0.2) is 0 Å². The molecule has 0 bridgehead atoms. The molecule has 0 unspecified atom stereocenters. The summed E-state index contributed by atoms with van der Waals surface area (Å²) >= 11 is 0. The number of hydrogen-bond donors (Lipinski definition) is 1. The van der Waals surface area contributed by atoms with Gasteiger partial charge in [-0.15, -0.1) is 13.2 Å². The van der Waals surface area contributed by atoms with Crippen LogP contribution in [-0.2, 0) is 6.30 Å². The van der Waals surface area contributed by atoms with E-state index in [1.165, 1.54) is 18.3 Å². The zero-order chi connectivity index (χ0) is 16.8. The van der Waals surface area contributed by atoms with Crippen LogP contribution in [0.5, 0.6) is 0 Å². The molecule has 3 rings (SSSR count). The Hall–Kier alpha value is -2.90. The van der Waals surface area contributed by atoms with E-state index < -0.39 is 12.3 Å². The van der Waals surface area contributed by atoms with Gasteiger partial charge in [0.25, 0.3) is 0 Å². The first-order valence-corrected chi connectivity index (χ1v) is 6.53. The molecule has 0 aliphatic carbocycles. The van der Waals surface area contributed by atoms with Crippen molar-refractivity contribution in [2.45, 2.75) is 13.2 Å². The second-order valence-corrected chi connectivity index (χ2v) is 4.95. The van der Waals surface area contributed by atoms with Gasteiger partial charge in [0.2, 0.25) is 0 Å². The highest BCUT2D eigenvalue weighted by molar-refractivity contribution is 5.99. The van der Waals surface area contributed by atoms with Crippen molar-refractivity contribution in [3.05, 3.63) is 47.8 Å². The van der Waals surface area contributed by atoms with E-state index in [-0.39, 0.29) is 26.8 Å². The number of benzene rings is 1. The van der Waals surface area contributed by atoms with Crippen LogP contribution in [0.25, 0.3) is 22.2 Å². The number of aromatic carboxylic acids is 1. The molecule has 2 aromatic heterocycles. The summed E-state index contributed by atoms with van der Waals surface area (Å²) in [5.74, 6) is -1.22. The van der Waals surface area contributed by atoms with E-state index in [4.69, 9.17) is 5.11 Å². The lowest BCUT2D eigenvalue weighted by Gasteiger charge is -2.06. The maximum absolute atomic E-state index is 13.2. The number of carboxylic acid groups (broad SMARTS) is 1. The van der Waals surface area contributed by atoms with Gasteiger partial charge in [0.05, 0.1) is 11.1 Å². The summed E-state index contributed by atoms with van der Waals surface area (Å²) in [7, 11) is 0. The zero-order valence-electron chi connectivity index (χ0n) is 11.8. The molecule has 0 amide bonds. The van der Waals surface area contributed by atoms with Crippen LogP contribution in [0.2, 0.25) is 0 Å². The van der Waals surface area contributed by atoms with Crippen LogP contribution in [0.15, 0.2) is 36.5 Å². The highest BCUT2D eigenvalue weighted by Crippen LogP contribution is 2.34. The smallest absolute Gasteiger partial charge is 0.478 e. The third-order valence-electron chi connectivity index (χ3n) is 3.34. The predicted octanol–water partition coefficient (Wildman–Crippen LogP) is 3.58. The van der Waals surface area contributed by atoms with Crippen LogP contribution in [0.1, 0.15) is 16.1 Å². The van der Waals surface area contributed by atoms with Gasteiger partial charge in [-0.25, -0.2) is 4.79 Å². The molecule has 1 N–H and O–H groups in total. The summed E-state index contributed by atoms with van der Waals surface area (Å²) in [4.78, 5) is 15.1. The van der Waals surface area contributed by atoms with Crippen molar-refractivity contribution in [3.63, 3.8) is 0 Å². The molecule has 0 radical (unpaired) electrons. The van der Waals surface area contributed by atoms with Crippen LogP contribution >= 0.6 is 0 Å². The number of hydrogen-bond acceptors (Lipinski definition) is 3. The van der Waals surface area contributed by atoms with Crippen molar-refractivity contribution in [3.8, 4) is 11.3 Å². The van der Waals surface area contributed by atoms with Crippen LogP contribution in [0.3, 0.4) is 0 Å². The molecule has 8 heteroatoms. The number of carboxylic acids is 1. The van der Waals surface area contributed by atoms with Gasteiger partial charge in [-0.3, -0.25) is 4.98 Å². The van der Waals surface area contributed by atoms with Gasteiger partial charge in [0.1, 0.15) is 5.69 Å². The number of nitrogens with zero attached hydrogens (tertiary/aromatic N) is 3. The molecule has 0 saturated carbocycles. The number of carbonyl (C=O) groups is 1. The molecule has 23 heavy (non-hydrogen) atoms. The second kappa shape index (κ2) is 5.08. The summed E-state index contributed by atoms with van der Waals surface area (Å²) in [5, 5.41) is 12.8. The first kappa shape index (κ1) is 15.0. The van der Waals surface area contributed by atoms with Gasteiger partial charge in [-0.2, -0.15) is 9.78 Å². The predicted molar refractivity (Wildman–Crippen MR) is 76.0 cm³/mol. The Morgan fingerprint density at radius 2 is 1.96 bits per heavy atom. The van der Waals surface area contributed by atoms with E-state index >= 15 is 0 Å². The fourth-order valence-electron chi connectivity index (χ4n) is 2.35. The van der Waals surface area contributed by atoms with Crippen molar-refractivity contribution in [1.29, 1.82) is 0 Å². The number of pyridine rings is 1. The molecule has 5 nitrogen and oxygen atoms in total. The third kappa shape index (κ3) is 2.63. The number of fused-ring (bicyclic) bond motifs is 1. The number of alkyl halides is 3. The number of aromatic nitrogens is 3. The SMILES string of the molecule is Cc1cc(-c2nn(C(F)(F)F)c3ccc(C(=O)O)cc23)ccn1. The maximum Gasteiger partial charge on any atom is 0.505 e. The molecular formula is C15H10F3N3O2. The summed E-state index contributed by atoms with van der Waals surface area (Å²) in [6, 6.07) is 6.55. The zero-order valence-corrected chi connectivity index (χ0v) is 11.8. The van der Waals surface area contributed by atoms with E-state index in [1.54, 1.807) is 13.0 Å². The molecule has 0 aliphatic heterocycles. The Labute approximate surface area is 128 Å². The Balaban J connectivity index is 2.35. The van der Waals surface area contributed by atoms with Gasteiger partial charge in [-0.1, -0.05) is 0 Å². The van der Waals surface area contributed by atoms with Crippen molar-refractivity contribution < 1.29 is 23.1 Å². The molecule has 0 aliphatic rings. The minimum Gasteiger partial charge on any atom is -0.478 e. The lowest BCUT2D eigenvalue weighted by atomic mass is 10.1. The fraction of sp³-hybridized carbons (Fsp3) is 0.133. The van der Waals surface area contributed by atoms with Crippen molar-refractivity contribution >= 4 is 16.9 Å². The molecule has 0 fully saturated rings. The van der Waals surface area contributed by atoms with E-state index in [0.29, 0.717) is 11.3 Å². The molecule has 0 saturated heterocycles. The minimum absolute atomic E-state index is 0.0565. The van der Waals surface area contributed by atoms with Crippen LogP contribution in [0, 0.1) is 6.92 Å². The summed E-state index contributed by atoms with van der Waals surface area (Å²) < 4.78 is 39.4. The van der Waals surface area contributed by atoms with Crippen LogP contribution in [-0.4, -0.2) is 25.8 Å². The van der Waals surface area contributed by atoms with Gasteiger partial charge in [0, 0.05) is 22.8 Å². The van der Waals surface area contributed by atoms with Gasteiger partial charge in [-0.05, 0) is 37.3 Å². The average Bonchev–Trinajstić information content (AvgIpc) is 2.85. The molecule has 118 valence electrons.